The fraction of sp³-hybridized carbons (Fsp3) is 0.389. The largest absolute Gasteiger partial charge is 0.375 e. The number of hydrogen-bond acceptors (Lipinski definition) is 4. The fourth-order valence-electron chi connectivity index (χ4n) is 2.92. The molecule has 0 spiro atoms. The number of rotatable bonds is 5. The van der Waals surface area contributed by atoms with E-state index in [0.29, 0.717) is 0 Å². The first-order chi connectivity index (χ1) is 10.9. The van der Waals surface area contributed by atoms with Crippen LogP contribution in [0.4, 0.5) is 5.82 Å². The van der Waals surface area contributed by atoms with Crippen LogP contribution in [-0.2, 0) is 4.74 Å². The molecule has 0 amide bonds. The van der Waals surface area contributed by atoms with E-state index in [2.05, 4.69) is 45.1 Å². The first kappa shape index (κ1) is 24.0. The van der Waals surface area contributed by atoms with Crippen LogP contribution < -0.4 is 4.90 Å². The highest BCUT2D eigenvalue weighted by molar-refractivity contribution is 5.86. The van der Waals surface area contributed by atoms with Crippen molar-refractivity contribution in [3.63, 3.8) is 0 Å². The molecular weight excluding hydrogens is 381 g/mol. The van der Waals surface area contributed by atoms with E-state index in [9.17, 15) is 0 Å². The smallest absolute Gasteiger partial charge is 0.128 e. The number of nitrogens with zero attached hydrogens (tertiary/aromatic N) is 3. The first-order valence-electron chi connectivity index (χ1n) is 7.83. The predicted molar refractivity (Wildman–Crippen MR) is 111 cm³/mol. The second kappa shape index (κ2) is 12.3. The SMILES string of the molecule is COC(CN1CCN(c2ccccn2)CC1)c1ccccc1.Cl.Cl.Cl. The number of benzene rings is 1. The highest BCUT2D eigenvalue weighted by Gasteiger charge is 2.21. The van der Waals surface area contributed by atoms with Gasteiger partial charge in [0.15, 0.2) is 0 Å². The molecular formula is C18H26Cl3N3O. The van der Waals surface area contributed by atoms with E-state index in [1.165, 1.54) is 5.56 Å². The molecule has 4 nitrogen and oxygen atoms in total. The average molecular weight is 407 g/mol. The van der Waals surface area contributed by atoms with Crippen LogP contribution in [0, 0.1) is 0 Å². The third-order valence-corrected chi connectivity index (χ3v) is 4.23. The van der Waals surface area contributed by atoms with Crippen LogP contribution in [0.15, 0.2) is 54.7 Å². The topological polar surface area (TPSA) is 28.6 Å². The summed E-state index contributed by atoms with van der Waals surface area (Å²) in [5.74, 6) is 1.08. The molecule has 2 heterocycles. The standard InChI is InChI=1S/C18H23N3O.3ClH/c1-22-17(16-7-3-2-4-8-16)15-20-11-13-21(14-12-20)18-9-5-6-10-19-18;;;/h2-10,17H,11-15H2,1H3;3*1H. The lowest BCUT2D eigenvalue weighted by molar-refractivity contribution is 0.0615. The van der Waals surface area contributed by atoms with E-state index in [-0.39, 0.29) is 43.3 Å². The summed E-state index contributed by atoms with van der Waals surface area (Å²) < 4.78 is 5.68. The number of ether oxygens (including phenoxy) is 1. The molecule has 0 bridgehead atoms. The van der Waals surface area contributed by atoms with E-state index >= 15 is 0 Å². The minimum absolute atomic E-state index is 0. The fourth-order valence-corrected chi connectivity index (χ4v) is 2.92. The van der Waals surface area contributed by atoms with Crippen molar-refractivity contribution in [3.05, 3.63) is 60.3 Å². The van der Waals surface area contributed by atoms with Crippen LogP contribution in [0.5, 0.6) is 0 Å². The van der Waals surface area contributed by atoms with E-state index in [0.717, 1.165) is 38.5 Å². The number of aromatic nitrogens is 1. The van der Waals surface area contributed by atoms with Gasteiger partial charge in [-0.25, -0.2) is 4.98 Å². The highest BCUT2D eigenvalue weighted by Crippen LogP contribution is 2.19. The molecule has 140 valence electrons. The summed E-state index contributed by atoms with van der Waals surface area (Å²) >= 11 is 0. The molecule has 0 saturated carbocycles. The molecule has 3 rings (SSSR count). The molecule has 7 heteroatoms. The van der Waals surface area contributed by atoms with Crippen molar-refractivity contribution in [2.45, 2.75) is 6.10 Å². The lowest BCUT2D eigenvalue weighted by Crippen LogP contribution is -2.47. The number of piperazine rings is 1. The van der Waals surface area contributed by atoms with Crippen molar-refractivity contribution in [2.24, 2.45) is 0 Å². The normalized spacial score (nSPS) is 15.3. The third kappa shape index (κ3) is 6.65. The molecule has 0 aliphatic carbocycles. The lowest BCUT2D eigenvalue weighted by atomic mass is 10.1. The molecule has 1 aromatic carbocycles. The molecule has 0 N–H and O–H groups in total. The number of anilines is 1. The van der Waals surface area contributed by atoms with Gasteiger partial charge in [-0.2, -0.15) is 0 Å². The van der Waals surface area contributed by atoms with Crippen LogP contribution in [0.3, 0.4) is 0 Å². The molecule has 0 radical (unpaired) electrons. The van der Waals surface area contributed by atoms with E-state index in [1.54, 1.807) is 7.11 Å². The predicted octanol–water partition coefficient (Wildman–Crippen LogP) is 3.86. The van der Waals surface area contributed by atoms with Gasteiger partial charge < -0.3 is 9.64 Å². The molecule has 1 aromatic heterocycles. The Bertz CT molecular complexity index is 566. The number of pyridine rings is 1. The van der Waals surface area contributed by atoms with Crippen molar-refractivity contribution in [3.8, 4) is 0 Å². The Morgan fingerprint density at radius 2 is 1.56 bits per heavy atom. The summed E-state index contributed by atoms with van der Waals surface area (Å²) in [6.07, 6.45) is 2.00. The van der Waals surface area contributed by atoms with Crippen LogP contribution in [0.1, 0.15) is 11.7 Å². The van der Waals surface area contributed by atoms with Gasteiger partial charge in [-0.1, -0.05) is 36.4 Å². The van der Waals surface area contributed by atoms with Gasteiger partial charge in [0.1, 0.15) is 5.82 Å². The maximum atomic E-state index is 5.68. The van der Waals surface area contributed by atoms with Crippen molar-refractivity contribution in [1.29, 1.82) is 0 Å². The summed E-state index contributed by atoms with van der Waals surface area (Å²) in [6.45, 7) is 5.06. The second-order valence-corrected chi connectivity index (χ2v) is 5.61. The summed E-state index contributed by atoms with van der Waals surface area (Å²) in [5, 5.41) is 0. The van der Waals surface area contributed by atoms with Gasteiger partial charge in [-0.05, 0) is 17.7 Å². The molecule has 1 fully saturated rings. The van der Waals surface area contributed by atoms with Gasteiger partial charge in [-0.3, -0.25) is 4.90 Å². The zero-order valence-electron chi connectivity index (χ0n) is 14.3. The summed E-state index contributed by atoms with van der Waals surface area (Å²) in [5.41, 5.74) is 1.25. The summed E-state index contributed by atoms with van der Waals surface area (Å²) in [6, 6.07) is 16.5. The Balaban J connectivity index is 0.00000192. The molecule has 25 heavy (non-hydrogen) atoms. The monoisotopic (exact) mass is 405 g/mol. The van der Waals surface area contributed by atoms with Crippen LogP contribution >= 0.6 is 37.2 Å². The van der Waals surface area contributed by atoms with E-state index < -0.39 is 0 Å². The van der Waals surface area contributed by atoms with Crippen LogP contribution in [0.25, 0.3) is 0 Å². The molecule has 1 atom stereocenters. The van der Waals surface area contributed by atoms with E-state index in [1.807, 2.05) is 24.4 Å². The Kier molecular flexibility index (Phi) is 11.8. The lowest BCUT2D eigenvalue weighted by Gasteiger charge is -2.36. The van der Waals surface area contributed by atoms with Crippen molar-refractivity contribution < 1.29 is 4.74 Å². The van der Waals surface area contributed by atoms with Gasteiger partial charge in [0.2, 0.25) is 0 Å². The van der Waals surface area contributed by atoms with Crippen molar-refractivity contribution >= 4 is 43.0 Å². The Morgan fingerprint density at radius 1 is 0.920 bits per heavy atom. The number of methoxy groups -OCH3 is 1. The maximum Gasteiger partial charge on any atom is 0.128 e. The Hall–Kier alpha value is -1.04. The quantitative estimate of drug-likeness (QED) is 0.754. The third-order valence-electron chi connectivity index (χ3n) is 4.23. The van der Waals surface area contributed by atoms with Gasteiger partial charge in [-0.15, -0.1) is 37.2 Å². The summed E-state index contributed by atoms with van der Waals surface area (Å²) in [7, 11) is 1.79. The van der Waals surface area contributed by atoms with Crippen LogP contribution in [-0.4, -0.2) is 49.7 Å². The minimum atomic E-state index is 0. The average Bonchev–Trinajstić information content (AvgIpc) is 2.62. The summed E-state index contributed by atoms with van der Waals surface area (Å²) in [4.78, 5) is 9.26. The van der Waals surface area contributed by atoms with Gasteiger partial charge in [0.25, 0.3) is 0 Å². The zero-order valence-corrected chi connectivity index (χ0v) is 16.7. The van der Waals surface area contributed by atoms with Crippen molar-refractivity contribution in [2.75, 3.05) is 44.7 Å². The van der Waals surface area contributed by atoms with Crippen molar-refractivity contribution in [1.82, 2.24) is 9.88 Å². The minimum Gasteiger partial charge on any atom is -0.375 e. The van der Waals surface area contributed by atoms with Gasteiger partial charge in [0, 0.05) is 46.0 Å². The Labute approximate surface area is 168 Å². The first-order valence-corrected chi connectivity index (χ1v) is 7.83. The van der Waals surface area contributed by atoms with Gasteiger partial charge >= 0.3 is 0 Å². The molecule has 1 unspecified atom stereocenters. The van der Waals surface area contributed by atoms with Crippen LogP contribution in [0.2, 0.25) is 0 Å². The van der Waals surface area contributed by atoms with E-state index in [4.69, 9.17) is 4.74 Å². The molecule has 1 aliphatic heterocycles. The maximum absolute atomic E-state index is 5.68. The number of halogens is 3. The zero-order chi connectivity index (χ0) is 15.2. The molecule has 2 aromatic rings. The van der Waals surface area contributed by atoms with Gasteiger partial charge in [0.05, 0.1) is 6.10 Å². The Morgan fingerprint density at radius 3 is 2.12 bits per heavy atom. The molecule has 1 aliphatic rings. The highest BCUT2D eigenvalue weighted by atomic mass is 35.5. The number of hydrogen-bond donors (Lipinski definition) is 0. The molecule has 1 saturated heterocycles. The second-order valence-electron chi connectivity index (χ2n) is 5.61.